The van der Waals surface area contributed by atoms with Gasteiger partial charge in [-0.05, 0) is 36.4 Å². The number of carbonyl (C=O) groups is 1. The Morgan fingerprint density at radius 1 is 1.03 bits per heavy atom. The summed E-state index contributed by atoms with van der Waals surface area (Å²) in [5.41, 5.74) is 2.03. The second-order valence-corrected chi connectivity index (χ2v) is 9.52. The van der Waals surface area contributed by atoms with Crippen LogP contribution in [0.25, 0.3) is 0 Å². The van der Waals surface area contributed by atoms with E-state index in [1.165, 1.54) is 23.5 Å². The zero-order valence-electron chi connectivity index (χ0n) is 17.8. The molecule has 1 aliphatic heterocycles. The zero-order chi connectivity index (χ0) is 22.6. The molecule has 166 valence electrons. The second kappa shape index (κ2) is 9.42. The highest BCUT2D eigenvalue weighted by Crippen LogP contribution is 2.24. The summed E-state index contributed by atoms with van der Waals surface area (Å²) in [5.74, 6) is 0.631. The number of para-hydroxylation sites is 2. The highest BCUT2D eigenvalue weighted by Gasteiger charge is 2.22. The molecule has 1 heterocycles. The molecular formula is C24H25N3O4S. The monoisotopic (exact) mass is 451 g/mol. The summed E-state index contributed by atoms with van der Waals surface area (Å²) in [4.78, 5) is 14.8. The molecule has 3 aromatic carbocycles. The Labute approximate surface area is 188 Å². The van der Waals surface area contributed by atoms with Crippen molar-refractivity contribution in [3.05, 3.63) is 84.4 Å². The number of hydrogen-bond donors (Lipinski definition) is 1. The van der Waals surface area contributed by atoms with Gasteiger partial charge in [0.2, 0.25) is 5.91 Å². The van der Waals surface area contributed by atoms with Crippen molar-refractivity contribution >= 4 is 27.3 Å². The van der Waals surface area contributed by atoms with Crippen molar-refractivity contribution in [1.29, 1.82) is 0 Å². The van der Waals surface area contributed by atoms with Crippen molar-refractivity contribution in [2.24, 2.45) is 0 Å². The predicted molar refractivity (Wildman–Crippen MR) is 124 cm³/mol. The lowest BCUT2D eigenvalue weighted by molar-refractivity contribution is -0.117. The van der Waals surface area contributed by atoms with Crippen LogP contribution in [-0.4, -0.2) is 46.0 Å². The molecule has 0 unspecified atom stereocenters. The van der Waals surface area contributed by atoms with Crippen molar-refractivity contribution in [2.75, 3.05) is 36.4 Å². The Kier molecular flexibility index (Phi) is 6.43. The molecule has 0 aromatic heterocycles. The molecule has 0 saturated carbocycles. The van der Waals surface area contributed by atoms with Gasteiger partial charge in [-0.1, -0.05) is 42.5 Å². The summed E-state index contributed by atoms with van der Waals surface area (Å²) in [6.45, 7) is 1.92. The third-order valence-corrected chi connectivity index (χ3v) is 7.08. The van der Waals surface area contributed by atoms with E-state index >= 15 is 0 Å². The van der Waals surface area contributed by atoms with Crippen LogP contribution in [0.3, 0.4) is 0 Å². The molecule has 0 bridgehead atoms. The fourth-order valence-electron chi connectivity index (χ4n) is 3.59. The Morgan fingerprint density at radius 2 is 1.78 bits per heavy atom. The largest absolute Gasteiger partial charge is 0.492 e. The van der Waals surface area contributed by atoms with Crippen LogP contribution in [0.5, 0.6) is 5.75 Å². The van der Waals surface area contributed by atoms with Gasteiger partial charge in [0.1, 0.15) is 12.4 Å². The van der Waals surface area contributed by atoms with Crippen LogP contribution in [0, 0.1) is 0 Å². The maximum atomic E-state index is 13.0. The molecule has 1 amide bonds. The van der Waals surface area contributed by atoms with E-state index in [4.69, 9.17) is 4.74 Å². The second-order valence-electron chi connectivity index (χ2n) is 7.55. The first-order chi connectivity index (χ1) is 15.4. The van der Waals surface area contributed by atoms with Crippen molar-refractivity contribution in [2.45, 2.75) is 11.4 Å². The molecule has 1 aliphatic rings. The average Bonchev–Trinajstić information content (AvgIpc) is 3.00. The molecule has 0 aliphatic carbocycles. The molecule has 3 aromatic rings. The van der Waals surface area contributed by atoms with Crippen molar-refractivity contribution in [3.63, 3.8) is 0 Å². The molecular weight excluding hydrogens is 426 g/mol. The molecule has 0 fully saturated rings. The van der Waals surface area contributed by atoms with Crippen LogP contribution in [0.1, 0.15) is 5.56 Å². The minimum atomic E-state index is -3.76. The number of ether oxygens (including phenoxy) is 1. The molecule has 0 saturated heterocycles. The highest BCUT2D eigenvalue weighted by atomic mass is 32.2. The van der Waals surface area contributed by atoms with E-state index in [1.54, 1.807) is 36.4 Å². The SMILES string of the molecule is CN(c1ccccc1)S(=O)(=O)c1cccc(NC(=O)CN2CCOc3ccccc3C2)c1. The van der Waals surface area contributed by atoms with Gasteiger partial charge in [-0.2, -0.15) is 0 Å². The van der Waals surface area contributed by atoms with Crippen LogP contribution >= 0.6 is 0 Å². The van der Waals surface area contributed by atoms with Crippen LogP contribution in [-0.2, 0) is 21.4 Å². The third kappa shape index (κ3) is 4.92. The van der Waals surface area contributed by atoms with Crippen molar-refractivity contribution in [3.8, 4) is 5.75 Å². The normalized spacial score (nSPS) is 14.0. The summed E-state index contributed by atoms with van der Waals surface area (Å²) >= 11 is 0. The lowest BCUT2D eigenvalue weighted by atomic mass is 10.2. The van der Waals surface area contributed by atoms with E-state index in [0.717, 1.165) is 11.3 Å². The average molecular weight is 452 g/mol. The number of benzene rings is 3. The van der Waals surface area contributed by atoms with E-state index in [1.807, 2.05) is 35.2 Å². The van der Waals surface area contributed by atoms with E-state index in [2.05, 4.69) is 5.32 Å². The number of hydrogen-bond acceptors (Lipinski definition) is 5. The maximum absolute atomic E-state index is 13.0. The number of anilines is 2. The van der Waals surface area contributed by atoms with E-state index in [0.29, 0.717) is 31.1 Å². The molecule has 0 spiro atoms. The van der Waals surface area contributed by atoms with Gasteiger partial charge < -0.3 is 10.1 Å². The Hall–Kier alpha value is -3.36. The summed E-state index contributed by atoms with van der Waals surface area (Å²) in [7, 11) is -2.25. The Morgan fingerprint density at radius 3 is 2.59 bits per heavy atom. The van der Waals surface area contributed by atoms with Gasteiger partial charge in [-0.15, -0.1) is 0 Å². The van der Waals surface area contributed by atoms with Gasteiger partial charge in [0.15, 0.2) is 0 Å². The first-order valence-corrected chi connectivity index (χ1v) is 11.7. The molecule has 0 radical (unpaired) electrons. The van der Waals surface area contributed by atoms with E-state index < -0.39 is 10.0 Å². The van der Waals surface area contributed by atoms with E-state index in [-0.39, 0.29) is 17.3 Å². The minimum absolute atomic E-state index is 0.110. The van der Waals surface area contributed by atoms with E-state index in [9.17, 15) is 13.2 Å². The number of fused-ring (bicyclic) bond motifs is 1. The fraction of sp³-hybridized carbons (Fsp3) is 0.208. The number of nitrogens with zero attached hydrogens (tertiary/aromatic N) is 2. The number of amides is 1. The smallest absolute Gasteiger partial charge is 0.264 e. The summed E-state index contributed by atoms with van der Waals surface area (Å²) in [6.07, 6.45) is 0. The number of nitrogens with one attached hydrogen (secondary N) is 1. The summed E-state index contributed by atoms with van der Waals surface area (Å²) in [6, 6.07) is 22.9. The van der Waals surface area contributed by atoms with Crippen LogP contribution in [0.2, 0.25) is 0 Å². The molecule has 0 atom stereocenters. The Bertz CT molecular complexity index is 1200. The quantitative estimate of drug-likeness (QED) is 0.622. The van der Waals surface area contributed by atoms with Crippen LogP contribution < -0.4 is 14.4 Å². The first-order valence-electron chi connectivity index (χ1n) is 10.3. The molecule has 32 heavy (non-hydrogen) atoms. The third-order valence-electron chi connectivity index (χ3n) is 5.29. The van der Waals surface area contributed by atoms with Gasteiger partial charge in [-0.3, -0.25) is 14.0 Å². The fourth-order valence-corrected chi connectivity index (χ4v) is 4.83. The highest BCUT2D eigenvalue weighted by molar-refractivity contribution is 7.92. The maximum Gasteiger partial charge on any atom is 0.264 e. The standard InChI is InChI=1S/C24H25N3O4S/c1-26(21-10-3-2-4-11-21)32(29,30)22-12-7-9-20(16-22)25-24(28)18-27-14-15-31-23-13-6-5-8-19(23)17-27/h2-13,16H,14-15,17-18H2,1H3,(H,25,28). The molecule has 8 heteroatoms. The van der Waals surface area contributed by atoms with Crippen molar-refractivity contribution < 1.29 is 17.9 Å². The van der Waals surface area contributed by atoms with Gasteiger partial charge >= 0.3 is 0 Å². The summed E-state index contributed by atoms with van der Waals surface area (Å²) in [5, 5.41) is 2.82. The molecule has 4 rings (SSSR count). The molecule has 1 N–H and O–H groups in total. The van der Waals surface area contributed by atoms with Crippen LogP contribution in [0.15, 0.2) is 83.8 Å². The topological polar surface area (TPSA) is 79.0 Å². The van der Waals surface area contributed by atoms with Gasteiger partial charge in [0.25, 0.3) is 10.0 Å². The Balaban J connectivity index is 1.44. The number of carbonyl (C=O) groups excluding carboxylic acids is 1. The van der Waals surface area contributed by atoms with Crippen molar-refractivity contribution in [1.82, 2.24) is 4.90 Å². The number of sulfonamides is 1. The zero-order valence-corrected chi connectivity index (χ0v) is 18.6. The first kappa shape index (κ1) is 21.9. The van der Waals surface area contributed by atoms with Crippen LogP contribution in [0.4, 0.5) is 11.4 Å². The van der Waals surface area contributed by atoms with Gasteiger partial charge in [-0.25, -0.2) is 8.42 Å². The minimum Gasteiger partial charge on any atom is -0.492 e. The summed E-state index contributed by atoms with van der Waals surface area (Å²) < 4.78 is 33.0. The lowest BCUT2D eigenvalue weighted by Crippen LogP contribution is -2.34. The van der Waals surface area contributed by atoms with Gasteiger partial charge in [0, 0.05) is 31.4 Å². The molecule has 7 nitrogen and oxygen atoms in total. The predicted octanol–water partition coefficient (Wildman–Crippen LogP) is 3.34. The lowest BCUT2D eigenvalue weighted by Gasteiger charge is -2.20. The number of rotatable bonds is 6. The van der Waals surface area contributed by atoms with Gasteiger partial charge in [0.05, 0.1) is 17.1 Å².